The maximum atomic E-state index is 12.5. The Labute approximate surface area is 126 Å². The largest absolute Gasteiger partial charge is 0.324 e. The Kier molecular flexibility index (Phi) is 4.81. The van der Waals surface area contributed by atoms with Crippen LogP contribution in [0.4, 0.5) is 5.69 Å². The van der Waals surface area contributed by atoms with Crippen molar-refractivity contribution in [3.8, 4) is 0 Å². The van der Waals surface area contributed by atoms with Crippen LogP contribution in [0.5, 0.6) is 0 Å². The minimum Gasteiger partial charge on any atom is -0.324 e. The second-order valence-electron chi connectivity index (χ2n) is 4.86. The van der Waals surface area contributed by atoms with Crippen LogP contribution in [0.2, 0.25) is 5.15 Å². The number of piperidine rings is 1. The molecule has 0 spiro atoms. The van der Waals surface area contributed by atoms with E-state index < -0.39 is 0 Å². The fourth-order valence-electron chi connectivity index (χ4n) is 2.38. The summed E-state index contributed by atoms with van der Waals surface area (Å²) >= 11 is 9.14. The number of halogens is 2. The van der Waals surface area contributed by atoms with Gasteiger partial charge >= 0.3 is 0 Å². The zero-order valence-electron chi connectivity index (χ0n) is 10.8. The molecule has 2 rings (SSSR count). The van der Waals surface area contributed by atoms with E-state index in [1.165, 1.54) is 0 Å². The molecule has 1 atom stereocenters. The summed E-state index contributed by atoms with van der Waals surface area (Å²) in [4.78, 5) is 16.5. The van der Waals surface area contributed by atoms with Crippen LogP contribution >= 0.6 is 27.5 Å². The van der Waals surface area contributed by atoms with Gasteiger partial charge in [-0.1, -0.05) is 18.5 Å². The predicted molar refractivity (Wildman–Crippen MR) is 80.4 cm³/mol. The highest BCUT2D eigenvalue weighted by Gasteiger charge is 2.37. The summed E-state index contributed by atoms with van der Waals surface area (Å²) in [7, 11) is 0. The summed E-state index contributed by atoms with van der Waals surface area (Å²) in [6.07, 6.45) is 4.35. The average molecular weight is 347 g/mol. The number of amides is 1. The van der Waals surface area contributed by atoms with Crippen molar-refractivity contribution in [3.05, 3.63) is 21.9 Å². The standard InChI is InChI=1S/C13H17BrClN3O/c1-2-13(4-3-5-16-8-13)12(19)18-9-6-10(14)11(15)17-7-9/h6-7,16H,2-5,8H2,1H3,(H,18,19). The number of nitrogens with zero attached hydrogens (tertiary/aromatic N) is 1. The second-order valence-corrected chi connectivity index (χ2v) is 6.08. The van der Waals surface area contributed by atoms with Gasteiger partial charge in [0, 0.05) is 6.54 Å². The van der Waals surface area contributed by atoms with Crippen molar-refractivity contribution in [3.63, 3.8) is 0 Å². The van der Waals surface area contributed by atoms with Crippen molar-refractivity contribution in [2.45, 2.75) is 26.2 Å². The Bertz CT molecular complexity index is 475. The van der Waals surface area contributed by atoms with Crippen molar-refractivity contribution in [2.75, 3.05) is 18.4 Å². The monoisotopic (exact) mass is 345 g/mol. The molecule has 1 aliphatic rings. The molecular formula is C13H17BrClN3O. The number of pyridine rings is 1. The third-order valence-corrected chi connectivity index (χ3v) is 4.82. The molecule has 1 aliphatic heterocycles. The third-order valence-electron chi connectivity index (χ3n) is 3.68. The van der Waals surface area contributed by atoms with Gasteiger partial charge in [-0.25, -0.2) is 4.98 Å². The smallest absolute Gasteiger partial charge is 0.231 e. The molecule has 0 saturated carbocycles. The van der Waals surface area contributed by atoms with Gasteiger partial charge < -0.3 is 10.6 Å². The predicted octanol–water partition coefficient (Wildman–Crippen LogP) is 3.22. The van der Waals surface area contributed by atoms with Gasteiger partial charge in [-0.2, -0.15) is 0 Å². The zero-order valence-corrected chi connectivity index (χ0v) is 13.1. The highest BCUT2D eigenvalue weighted by molar-refractivity contribution is 9.10. The Morgan fingerprint density at radius 1 is 1.68 bits per heavy atom. The van der Waals surface area contributed by atoms with Gasteiger partial charge in [0.2, 0.25) is 5.91 Å². The molecule has 1 saturated heterocycles. The van der Waals surface area contributed by atoms with E-state index in [-0.39, 0.29) is 11.3 Å². The molecule has 19 heavy (non-hydrogen) atoms. The highest BCUT2D eigenvalue weighted by Crippen LogP contribution is 2.32. The van der Waals surface area contributed by atoms with Crippen LogP contribution in [0.15, 0.2) is 16.7 Å². The van der Waals surface area contributed by atoms with Gasteiger partial charge in [-0.3, -0.25) is 4.79 Å². The van der Waals surface area contributed by atoms with Gasteiger partial charge in [0.05, 0.1) is 21.8 Å². The lowest BCUT2D eigenvalue weighted by molar-refractivity contribution is -0.126. The lowest BCUT2D eigenvalue weighted by atomic mass is 9.77. The van der Waals surface area contributed by atoms with E-state index in [1.54, 1.807) is 12.3 Å². The molecule has 1 unspecified atom stereocenters. The van der Waals surface area contributed by atoms with Crippen molar-refractivity contribution in [2.24, 2.45) is 5.41 Å². The molecule has 1 aromatic rings. The summed E-state index contributed by atoms with van der Waals surface area (Å²) in [5.74, 6) is 0.0539. The van der Waals surface area contributed by atoms with E-state index in [9.17, 15) is 4.79 Å². The van der Waals surface area contributed by atoms with Crippen LogP contribution in [0.25, 0.3) is 0 Å². The highest BCUT2D eigenvalue weighted by atomic mass is 79.9. The maximum absolute atomic E-state index is 12.5. The number of hydrogen-bond acceptors (Lipinski definition) is 3. The molecule has 0 bridgehead atoms. The van der Waals surface area contributed by atoms with Crippen LogP contribution in [0, 0.1) is 5.41 Å². The van der Waals surface area contributed by atoms with Crippen molar-refractivity contribution in [1.29, 1.82) is 0 Å². The molecule has 4 nitrogen and oxygen atoms in total. The zero-order chi connectivity index (χ0) is 13.9. The van der Waals surface area contributed by atoms with Gasteiger partial charge in [-0.15, -0.1) is 0 Å². The fraction of sp³-hybridized carbons (Fsp3) is 0.538. The first-order chi connectivity index (χ1) is 9.07. The molecule has 0 aliphatic carbocycles. The topological polar surface area (TPSA) is 54.0 Å². The number of carbonyl (C=O) groups excluding carboxylic acids is 1. The summed E-state index contributed by atoms with van der Waals surface area (Å²) in [5.41, 5.74) is 0.351. The summed E-state index contributed by atoms with van der Waals surface area (Å²) in [6.45, 7) is 3.78. The maximum Gasteiger partial charge on any atom is 0.231 e. The molecule has 1 amide bonds. The molecule has 2 heterocycles. The molecule has 1 fully saturated rings. The molecule has 2 N–H and O–H groups in total. The van der Waals surface area contributed by atoms with Crippen LogP contribution < -0.4 is 10.6 Å². The van der Waals surface area contributed by atoms with E-state index in [1.807, 2.05) is 0 Å². The van der Waals surface area contributed by atoms with Crippen LogP contribution in [0.3, 0.4) is 0 Å². The number of nitrogens with one attached hydrogen (secondary N) is 2. The van der Waals surface area contributed by atoms with Gasteiger partial charge in [-0.05, 0) is 47.8 Å². The first-order valence-corrected chi connectivity index (χ1v) is 7.58. The van der Waals surface area contributed by atoms with Crippen molar-refractivity contribution >= 4 is 39.1 Å². The minimum absolute atomic E-state index is 0.0539. The lowest BCUT2D eigenvalue weighted by Crippen LogP contribution is -2.47. The fourth-order valence-corrected chi connectivity index (χ4v) is 2.83. The third kappa shape index (κ3) is 3.27. The van der Waals surface area contributed by atoms with Gasteiger partial charge in [0.1, 0.15) is 5.15 Å². The first kappa shape index (κ1) is 14.8. The van der Waals surface area contributed by atoms with E-state index in [0.29, 0.717) is 15.3 Å². The van der Waals surface area contributed by atoms with E-state index >= 15 is 0 Å². The van der Waals surface area contributed by atoms with Crippen LogP contribution in [0.1, 0.15) is 26.2 Å². The van der Waals surface area contributed by atoms with Crippen molar-refractivity contribution < 1.29 is 4.79 Å². The van der Waals surface area contributed by atoms with Crippen molar-refractivity contribution in [1.82, 2.24) is 10.3 Å². The Balaban J connectivity index is 2.12. The quantitative estimate of drug-likeness (QED) is 0.826. The molecule has 0 radical (unpaired) electrons. The van der Waals surface area contributed by atoms with E-state index in [4.69, 9.17) is 11.6 Å². The normalized spacial score (nSPS) is 23.1. The Morgan fingerprint density at radius 3 is 3.05 bits per heavy atom. The summed E-state index contributed by atoms with van der Waals surface area (Å²) in [5, 5.41) is 6.64. The molecule has 1 aromatic heterocycles. The van der Waals surface area contributed by atoms with Crippen LogP contribution in [-0.2, 0) is 4.79 Å². The van der Waals surface area contributed by atoms with E-state index in [0.717, 1.165) is 32.4 Å². The summed E-state index contributed by atoms with van der Waals surface area (Å²) in [6, 6.07) is 1.77. The molecular weight excluding hydrogens is 330 g/mol. The van der Waals surface area contributed by atoms with Crippen LogP contribution in [-0.4, -0.2) is 24.0 Å². The molecule has 0 aromatic carbocycles. The number of carbonyl (C=O) groups is 1. The second kappa shape index (κ2) is 6.20. The first-order valence-electron chi connectivity index (χ1n) is 6.40. The van der Waals surface area contributed by atoms with Gasteiger partial charge in [0.25, 0.3) is 0 Å². The Hall–Kier alpha value is -0.650. The average Bonchev–Trinajstić information content (AvgIpc) is 2.43. The lowest BCUT2D eigenvalue weighted by Gasteiger charge is -2.35. The summed E-state index contributed by atoms with van der Waals surface area (Å²) < 4.78 is 0.680. The number of rotatable bonds is 3. The van der Waals surface area contributed by atoms with E-state index in [2.05, 4.69) is 38.5 Å². The SMILES string of the molecule is CCC1(C(=O)Nc2cnc(Cl)c(Br)c2)CCCNC1. The molecule has 104 valence electrons. The minimum atomic E-state index is -0.315. The van der Waals surface area contributed by atoms with Gasteiger partial charge in [0.15, 0.2) is 0 Å². The Morgan fingerprint density at radius 2 is 2.47 bits per heavy atom. The molecule has 6 heteroatoms. The number of hydrogen-bond donors (Lipinski definition) is 2. The number of aromatic nitrogens is 1. The number of anilines is 1.